The van der Waals surface area contributed by atoms with E-state index < -0.39 is 41.6 Å². The van der Waals surface area contributed by atoms with Gasteiger partial charge in [-0.05, 0) is 24.1 Å². The Bertz CT molecular complexity index is 1220. The smallest absolute Gasteiger partial charge is 0.319 e. The van der Waals surface area contributed by atoms with Crippen LogP contribution < -0.4 is 16.0 Å². The van der Waals surface area contributed by atoms with Crippen molar-refractivity contribution < 1.29 is 23.5 Å². The predicted octanol–water partition coefficient (Wildman–Crippen LogP) is 3.78. The maximum Gasteiger partial charge on any atom is 0.319 e. The summed E-state index contributed by atoms with van der Waals surface area (Å²) in [6.45, 7) is 4.25. The molecule has 0 saturated heterocycles. The Labute approximate surface area is 207 Å². The number of nitrogens with one attached hydrogen (secondary N) is 4. The number of nitrogens with zero attached hydrogens (tertiary/aromatic N) is 1. The molecule has 3 amide bonds. The highest BCUT2D eigenvalue weighted by Crippen LogP contribution is 2.39. The number of carbonyl (C=O) groups is 2. The fraction of sp³-hybridized carbons (Fsp3) is 0.346. The summed E-state index contributed by atoms with van der Waals surface area (Å²) in [5.41, 5.74) is 1.59. The van der Waals surface area contributed by atoms with E-state index in [1.807, 2.05) is 44.2 Å². The van der Waals surface area contributed by atoms with Crippen LogP contribution in [0.4, 0.5) is 19.3 Å². The second-order valence-corrected chi connectivity index (χ2v) is 9.27. The van der Waals surface area contributed by atoms with E-state index in [0.717, 1.165) is 23.5 Å². The number of anilines is 1. The van der Waals surface area contributed by atoms with Crippen LogP contribution in [0.3, 0.4) is 0 Å². The van der Waals surface area contributed by atoms with E-state index in [4.69, 9.17) is 0 Å². The lowest BCUT2D eigenvalue weighted by molar-refractivity contribution is -0.127. The lowest BCUT2D eigenvalue weighted by atomic mass is 9.96. The number of carbonyl (C=O) groups excluding carboxylic acids is 2. The number of aliphatic hydroxyl groups excluding tert-OH is 1. The molecule has 2 aromatic carbocycles. The van der Waals surface area contributed by atoms with Gasteiger partial charge in [-0.15, -0.1) is 0 Å². The minimum Gasteiger partial charge on any atom is -0.392 e. The van der Waals surface area contributed by atoms with Crippen LogP contribution in [0.25, 0.3) is 0 Å². The van der Waals surface area contributed by atoms with Gasteiger partial charge < -0.3 is 26.0 Å². The van der Waals surface area contributed by atoms with E-state index in [1.54, 1.807) is 6.20 Å². The summed E-state index contributed by atoms with van der Waals surface area (Å²) in [5.74, 6) is -3.01. The molecule has 1 fully saturated rings. The normalized spacial score (nSPS) is 21.4. The first-order chi connectivity index (χ1) is 17.2. The molecule has 190 valence electrons. The average Bonchev–Trinajstić information content (AvgIpc) is 3.45. The second kappa shape index (κ2) is 10.9. The van der Waals surface area contributed by atoms with Crippen LogP contribution in [-0.2, 0) is 11.3 Å². The lowest BCUT2D eigenvalue weighted by Crippen LogP contribution is -2.41. The van der Waals surface area contributed by atoms with Crippen LogP contribution in [0.15, 0.2) is 54.7 Å². The molecular weight excluding hydrogens is 468 g/mol. The van der Waals surface area contributed by atoms with E-state index in [1.165, 1.54) is 6.07 Å². The number of aromatic amines is 1. The van der Waals surface area contributed by atoms with Gasteiger partial charge in [0.2, 0.25) is 5.91 Å². The third-order valence-electron chi connectivity index (χ3n) is 6.38. The van der Waals surface area contributed by atoms with Gasteiger partial charge in [-0.1, -0.05) is 44.2 Å². The number of rotatable bonds is 7. The molecule has 10 heteroatoms. The van der Waals surface area contributed by atoms with Crippen LogP contribution in [0, 0.1) is 17.6 Å². The summed E-state index contributed by atoms with van der Waals surface area (Å²) in [6.07, 6.45) is 0.693. The van der Waals surface area contributed by atoms with Crippen molar-refractivity contribution in [3.63, 3.8) is 0 Å². The SMILES string of the molecule is CC(C)c1ncc([C@@H]2[C@H](O)[C@@H](C(=O)NCc3ccccc3)C[C@H]2NC(=O)Nc2ccc(F)c(F)c2)[nH]1. The molecule has 3 aromatic rings. The molecule has 0 aliphatic heterocycles. The van der Waals surface area contributed by atoms with Crippen molar-refractivity contribution in [3.8, 4) is 0 Å². The van der Waals surface area contributed by atoms with Gasteiger partial charge in [0.25, 0.3) is 0 Å². The highest BCUT2D eigenvalue weighted by molar-refractivity contribution is 5.89. The van der Waals surface area contributed by atoms with Crippen molar-refractivity contribution in [2.24, 2.45) is 5.92 Å². The molecule has 1 aliphatic carbocycles. The molecule has 1 aliphatic rings. The first-order valence-corrected chi connectivity index (χ1v) is 11.8. The maximum atomic E-state index is 13.5. The number of amides is 3. The minimum absolute atomic E-state index is 0.0716. The standard InChI is InChI=1S/C26H29F2N5O3/c1-14(2)24-29-13-21(32-24)22-20(33-26(36)31-16-8-9-18(27)19(28)10-16)11-17(23(22)34)25(35)30-12-15-6-4-3-5-7-15/h3-10,13-14,17,20,22-23,34H,11-12H2,1-2H3,(H,29,32)(H,30,35)(H2,31,33,36)/t17-,20+,22+,23+/m0/s1. The molecule has 4 rings (SSSR count). The van der Waals surface area contributed by atoms with Crippen LogP contribution >= 0.6 is 0 Å². The van der Waals surface area contributed by atoms with Gasteiger partial charge >= 0.3 is 6.03 Å². The average molecular weight is 498 g/mol. The molecule has 0 unspecified atom stereocenters. The van der Waals surface area contributed by atoms with Crippen molar-refractivity contribution in [3.05, 3.63) is 83.4 Å². The Morgan fingerprint density at radius 1 is 1.14 bits per heavy atom. The summed E-state index contributed by atoms with van der Waals surface area (Å²) in [6, 6.07) is 11.1. The highest BCUT2D eigenvalue weighted by Gasteiger charge is 2.47. The quantitative estimate of drug-likeness (QED) is 0.341. The Morgan fingerprint density at radius 2 is 1.89 bits per heavy atom. The maximum absolute atomic E-state index is 13.5. The second-order valence-electron chi connectivity index (χ2n) is 9.27. The molecular formula is C26H29F2N5O3. The molecule has 36 heavy (non-hydrogen) atoms. The van der Waals surface area contributed by atoms with Crippen molar-refractivity contribution in [1.82, 2.24) is 20.6 Å². The van der Waals surface area contributed by atoms with Gasteiger partial charge in [0.05, 0.1) is 12.0 Å². The number of aliphatic hydroxyl groups is 1. The Morgan fingerprint density at radius 3 is 2.56 bits per heavy atom. The minimum atomic E-state index is -1.09. The molecule has 5 N–H and O–H groups in total. The van der Waals surface area contributed by atoms with Crippen LogP contribution in [0.2, 0.25) is 0 Å². The van der Waals surface area contributed by atoms with Gasteiger partial charge in [-0.2, -0.15) is 0 Å². The zero-order valence-electron chi connectivity index (χ0n) is 20.0. The first kappa shape index (κ1) is 25.3. The largest absolute Gasteiger partial charge is 0.392 e. The lowest BCUT2D eigenvalue weighted by Gasteiger charge is -2.22. The first-order valence-electron chi connectivity index (χ1n) is 11.8. The van der Waals surface area contributed by atoms with Crippen LogP contribution in [0.1, 0.15) is 49.2 Å². The van der Waals surface area contributed by atoms with Crippen LogP contribution in [0.5, 0.6) is 0 Å². The molecule has 1 saturated carbocycles. The number of urea groups is 1. The Hall–Kier alpha value is -3.79. The summed E-state index contributed by atoms with van der Waals surface area (Å²) < 4.78 is 26.8. The molecule has 0 radical (unpaired) electrons. The van der Waals surface area contributed by atoms with Gasteiger partial charge in [0, 0.05) is 48.1 Å². The van der Waals surface area contributed by atoms with Crippen molar-refractivity contribution >= 4 is 17.6 Å². The number of hydrogen-bond acceptors (Lipinski definition) is 4. The van der Waals surface area contributed by atoms with Crippen LogP contribution in [-0.4, -0.2) is 39.2 Å². The fourth-order valence-electron chi connectivity index (χ4n) is 4.50. The number of halogens is 2. The molecule has 1 heterocycles. The monoisotopic (exact) mass is 497 g/mol. The number of H-pyrrole nitrogens is 1. The van der Waals surface area contributed by atoms with E-state index in [9.17, 15) is 23.5 Å². The molecule has 8 nitrogen and oxygen atoms in total. The third-order valence-corrected chi connectivity index (χ3v) is 6.38. The zero-order valence-corrected chi connectivity index (χ0v) is 20.0. The summed E-state index contributed by atoms with van der Waals surface area (Å²) in [7, 11) is 0. The third kappa shape index (κ3) is 5.71. The summed E-state index contributed by atoms with van der Waals surface area (Å²) >= 11 is 0. The van der Waals surface area contributed by atoms with E-state index in [-0.39, 0.29) is 23.9 Å². The van der Waals surface area contributed by atoms with Crippen molar-refractivity contribution in [1.29, 1.82) is 0 Å². The van der Waals surface area contributed by atoms with Gasteiger partial charge in [-0.3, -0.25) is 4.79 Å². The number of benzene rings is 2. The topological polar surface area (TPSA) is 119 Å². The summed E-state index contributed by atoms with van der Waals surface area (Å²) in [5, 5.41) is 19.3. The number of hydrogen-bond donors (Lipinski definition) is 5. The highest BCUT2D eigenvalue weighted by atomic mass is 19.2. The van der Waals surface area contributed by atoms with E-state index >= 15 is 0 Å². The van der Waals surface area contributed by atoms with Crippen molar-refractivity contribution in [2.45, 2.75) is 50.8 Å². The van der Waals surface area contributed by atoms with Gasteiger partial charge in [0.1, 0.15) is 5.82 Å². The van der Waals surface area contributed by atoms with E-state index in [2.05, 4.69) is 25.9 Å². The number of imidazole rings is 1. The molecule has 0 bridgehead atoms. The zero-order chi connectivity index (χ0) is 25.8. The van der Waals surface area contributed by atoms with Gasteiger partial charge in [0.15, 0.2) is 11.6 Å². The Balaban J connectivity index is 1.50. The Kier molecular flexibility index (Phi) is 7.64. The fourth-order valence-corrected chi connectivity index (χ4v) is 4.50. The van der Waals surface area contributed by atoms with Gasteiger partial charge in [-0.25, -0.2) is 18.6 Å². The van der Waals surface area contributed by atoms with E-state index in [0.29, 0.717) is 12.2 Å². The van der Waals surface area contributed by atoms with Crippen molar-refractivity contribution in [2.75, 3.05) is 5.32 Å². The molecule has 4 atom stereocenters. The number of aromatic nitrogens is 2. The predicted molar refractivity (Wildman–Crippen MR) is 130 cm³/mol. The molecule has 0 spiro atoms. The molecule has 1 aromatic heterocycles. The summed E-state index contributed by atoms with van der Waals surface area (Å²) in [4.78, 5) is 33.3.